The van der Waals surface area contributed by atoms with Crippen LogP contribution in [-0.2, 0) is 16.0 Å². The normalized spacial score (nSPS) is 21.5. The van der Waals surface area contributed by atoms with Gasteiger partial charge >= 0.3 is 12.1 Å². The van der Waals surface area contributed by atoms with Crippen LogP contribution >= 0.6 is 0 Å². The van der Waals surface area contributed by atoms with E-state index in [9.17, 15) is 27.9 Å². The molecule has 2 heterocycles. The molecule has 0 saturated carbocycles. The van der Waals surface area contributed by atoms with Gasteiger partial charge in [-0.1, -0.05) is 6.07 Å². The molecule has 132 valence electrons. The van der Waals surface area contributed by atoms with Crippen molar-refractivity contribution >= 4 is 11.9 Å². The summed E-state index contributed by atoms with van der Waals surface area (Å²) < 4.78 is 39.2. The smallest absolute Gasteiger partial charge is 0.394 e. The highest BCUT2D eigenvalue weighted by molar-refractivity contribution is 5.84. The molecule has 1 N–H and O–H groups in total. The van der Waals surface area contributed by atoms with Crippen LogP contribution in [0.25, 0.3) is 0 Å². The lowest BCUT2D eigenvalue weighted by Crippen LogP contribution is -2.56. The second-order valence-corrected chi connectivity index (χ2v) is 5.88. The number of pyridine rings is 1. The number of hydrogen-bond acceptors (Lipinski definition) is 3. The fourth-order valence-corrected chi connectivity index (χ4v) is 3.06. The summed E-state index contributed by atoms with van der Waals surface area (Å²) in [7, 11) is 0. The summed E-state index contributed by atoms with van der Waals surface area (Å²) in [5.41, 5.74) is 0.923. The molecule has 0 spiro atoms. The third kappa shape index (κ3) is 4.46. The second kappa shape index (κ2) is 7.63. The number of likely N-dealkylation sites (tertiary alicyclic amines) is 1. The van der Waals surface area contributed by atoms with Crippen LogP contribution in [0.2, 0.25) is 0 Å². The van der Waals surface area contributed by atoms with Gasteiger partial charge in [0.1, 0.15) is 6.04 Å². The van der Waals surface area contributed by atoms with Crippen molar-refractivity contribution < 1.29 is 27.9 Å². The van der Waals surface area contributed by atoms with E-state index in [2.05, 4.69) is 4.98 Å². The molecule has 0 aliphatic carbocycles. The zero-order chi connectivity index (χ0) is 17.7. The lowest BCUT2D eigenvalue weighted by molar-refractivity contribution is -0.208. The topological polar surface area (TPSA) is 70.5 Å². The highest BCUT2D eigenvalue weighted by Crippen LogP contribution is 2.38. The molecule has 2 atom stereocenters. The van der Waals surface area contributed by atoms with Gasteiger partial charge in [0.2, 0.25) is 5.91 Å². The standard InChI is InChI=1S/C16H19F3N2O3/c17-16(18,19)12-6-3-9-21(14(12)15(23)24)13(22)7-1-4-11-5-2-8-20-10-11/h2,5,8,10,12,14H,1,3-4,6-7,9H2,(H,23,24)/t12-,14+/m1/s1. The number of piperidine rings is 1. The van der Waals surface area contributed by atoms with Gasteiger partial charge < -0.3 is 10.0 Å². The summed E-state index contributed by atoms with van der Waals surface area (Å²) in [5.74, 6) is -4.15. The molecule has 8 heteroatoms. The summed E-state index contributed by atoms with van der Waals surface area (Å²) in [6.07, 6.45) is -0.441. The van der Waals surface area contributed by atoms with E-state index in [1.54, 1.807) is 18.5 Å². The monoisotopic (exact) mass is 344 g/mol. The van der Waals surface area contributed by atoms with Gasteiger partial charge in [-0.15, -0.1) is 0 Å². The Morgan fingerprint density at radius 3 is 2.71 bits per heavy atom. The van der Waals surface area contributed by atoms with E-state index in [4.69, 9.17) is 0 Å². The molecule has 1 aliphatic rings. The predicted octanol–water partition coefficient (Wildman–Crippen LogP) is 2.66. The quantitative estimate of drug-likeness (QED) is 0.891. The van der Waals surface area contributed by atoms with E-state index in [-0.39, 0.29) is 25.8 Å². The third-order valence-electron chi connectivity index (χ3n) is 4.20. The van der Waals surface area contributed by atoms with Crippen LogP contribution in [0.4, 0.5) is 13.2 Å². The van der Waals surface area contributed by atoms with Gasteiger partial charge in [-0.05, 0) is 37.3 Å². The van der Waals surface area contributed by atoms with Crippen molar-refractivity contribution in [1.82, 2.24) is 9.88 Å². The van der Waals surface area contributed by atoms with E-state index in [1.807, 2.05) is 6.07 Å². The highest BCUT2D eigenvalue weighted by Gasteiger charge is 2.52. The van der Waals surface area contributed by atoms with Crippen molar-refractivity contribution in [2.45, 2.75) is 44.3 Å². The van der Waals surface area contributed by atoms with Crippen LogP contribution in [0.3, 0.4) is 0 Å². The summed E-state index contributed by atoms with van der Waals surface area (Å²) >= 11 is 0. The second-order valence-electron chi connectivity index (χ2n) is 5.88. The van der Waals surface area contributed by atoms with E-state index >= 15 is 0 Å². The van der Waals surface area contributed by atoms with E-state index < -0.39 is 30.0 Å². The largest absolute Gasteiger partial charge is 0.480 e. The number of aromatic nitrogens is 1. The van der Waals surface area contributed by atoms with E-state index in [0.717, 1.165) is 10.5 Å². The molecule has 0 unspecified atom stereocenters. The molecule has 1 fully saturated rings. The van der Waals surface area contributed by atoms with Crippen molar-refractivity contribution in [2.75, 3.05) is 6.54 Å². The van der Waals surface area contributed by atoms with Crippen LogP contribution < -0.4 is 0 Å². The molecule has 0 bridgehead atoms. The number of rotatable bonds is 5. The Hall–Kier alpha value is -2.12. The minimum atomic E-state index is -4.63. The number of carbonyl (C=O) groups excluding carboxylic acids is 1. The summed E-state index contributed by atoms with van der Waals surface area (Å²) in [4.78, 5) is 28.4. The maximum Gasteiger partial charge on any atom is 0.394 e. The van der Waals surface area contributed by atoms with E-state index in [1.165, 1.54) is 0 Å². The lowest BCUT2D eigenvalue weighted by atomic mass is 9.88. The Balaban J connectivity index is 1.99. The number of carboxylic acids is 1. The zero-order valence-corrected chi connectivity index (χ0v) is 13.0. The number of carboxylic acid groups (broad SMARTS) is 1. The van der Waals surface area contributed by atoms with Crippen LogP contribution in [-0.4, -0.2) is 45.6 Å². The molecule has 1 aliphatic heterocycles. The lowest BCUT2D eigenvalue weighted by Gasteiger charge is -2.39. The fourth-order valence-electron chi connectivity index (χ4n) is 3.06. The first-order chi connectivity index (χ1) is 11.3. The van der Waals surface area contributed by atoms with Gasteiger partial charge in [0, 0.05) is 25.4 Å². The Labute approximate surface area is 137 Å². The van der Waals surface area contributed by atoms with Crippen molar-refractivity contribution in [3.63, 3.8) is 0 Å². The Bertz CT molecular complexity index is 578. The van der Waals surface area contributed by atoms with Crippen molar-refractivity contribution in [2.24, 2.45) is 5.92 Å². The SMILES string of the molecule is O=C(O)[C@@H]1[C@H](C(F)(F)F)CCCN1C(=O)CCCc1cccnc1. The van der Waals surface area contributed by atoms with Crippen LogP contribution in [0.15, 0.2) is 24.5 Å². The first-order valence-electron chi connectivity index (χ1n) is 7.78. The molecule has 0 radical (unpaired) electrons. The Morgan fingerprint density at radius 1 is 1.38 bits per heavy atom. The molecular weight excluding hydrogens is 325 g/mol. The van der Waals surface area contributed by atoms with Gasteiger partial charge in [-0.25, -0.2) is 4.79 Å². The van der Waals surface area contributed by atoms with E-state index in [0.29, 0.717) is 12.8 Å². The molecule has 1 amide bonds. The zero-order valence-electron chi connectivity index (χ0n) is 13.0. The average molecular weight is 344 g/mol. The van der Waals surface area contributed by atoms with Crippen molar-refractivity contribution in [3.8, 4) is 0 Å². The highest BCUT2D eigenvalue weighted by atomic mass is 19.4. The summed E-state index contributed by atoms with van der Waals surface area (Å²) in [6, 6.07) is 1.78. The number of nitrogens with zero attached hydrogens (tertiary/aromatic N) is 2. The van der Waals surface area contributed by atoms with Crippen LogP contribution in [0.5, 0.6) is 0 Å². The third-order valence-corrected chi connectivity index (χ3v) is 4.20. The average Bonchev–Trinajstić information content (AvgIpc) is 2.54. The molecule has 5 nitrogen and oxygen atoms in total. The number of aryl methyl sites for hydroxylation is 1. The predicted molar refractivity (Wildman–Crippen MR) is 79.1 cm³/mol. The number of halogens is 3. The van der Waals surface area contributed by atoms with Crippen LogP contribution in [0, 0.1) is 5.92 Å². The molecular formula is C16H19F3N2O3. The fraction of sp³-hybridized carbons (Fsp3) is 0.562. The van der Waals surface area contributed by atoms with Crippen molar-refractivity contribution in [3.05, 3.63) is 30.1 Å². The number of hydrogen-bond donors (Lipinski definition) is 1. The van der Waals surface area contributed by atoms with Crippen molar-refractivity contribution in [1.29, 1.82) is 0 Å². The molecule has 1 aromatic heterocycles. The molecule has 1 saturated heterocycles. The molecule has 0 aromatic carbocycles. The van der Waals surface area contributed by atoms with Crippen LogP contribution in [0.1, 0.15) is 31.2 Å². The van der Waals surface area contributed by atoms with Gasteiger partial charge in [-0.2, -0.15) is 13.2 Å². The molecule has 24 heavy (non-hydrogen) atoms. The number of alkyl halides is 3. The Morgan fingerprint density at radius 2 is 2.12 bits per heavy atom. The van der Waals surface area contributed by atoms with Gasteiger partial charge in [-0.3, -0.25) is 9.78 Å². The molecule has 1 aromatic rings. The summed E-state index contributed by atoms with van der Waals surface area (Å²) in [5, 5.41) is 9.19. The maximum atomic E-state index is 13.1. The number of amides is 1. The maximum absolute atomic E-state index is 13.1. The first-order valence-corrected chi connectivity index (χ1v) is 7.78. The number of aliphatic carboxylic acids is 1. The van der Waals surface area contributed by atoms with Gasteiger partial charge in [0.15, 0.2) is 0 Å². The number of carbonyl (C=O) groups is 2. The summed E-state index contributed by atoms with van der Waals surface area (Å²) in [6.45, 7) is 0.0509. The first kappa shape index (κ1) is 18.2. The molecule has 2 rings (SSSR count). The Kier molecular flexibility index (Phi) is 5.80. The minimum absolute atomic E-state index is 0.0171. The van der Waals surface area contributed by atoms with Gasteiger partial charge in [0.25, 0.3) is 0 Å². The minimum Gasteiger partial charge on any atom is -0.480 e. The van der Waals surface area contributed by atoms with Gasteiger partial charge in [0.05, 0.1) is 5.92 Å².